The number of fused-ring (bicyclic) bond motifs is 1. The zero-order chi connectivity index (χ0) is 20.6. The molecule has 3 aromatic rings. The minimum atomic E-state index is -1.18. The molecule has 1 heterocycles. The van der Waals surface area contributed by atoms with Gasteiger partial charge in [-0.05, 0) is 42.5 Å². The summed E-state index contributed by atoms with van der Waals surface area (Å²) in [5, 5.41) is 9.57. The highest BCUT2D eigenvalue weighted by Gasteiger charge is 2.23. The van der Waals surface area contributed by atoms with E-state index >= 15 is 0 Å². The van der Waals surface area contributed by atoms with E-state index in [2.05, 4.69) is 20.8 Å². The first-order valence-electron chi connectivity index (χ1n) is 9.16. The fourth-order valence-electron chi connectivity index (χ4n) is 2.93. The monoisotopic (exact) mass is 380 g/mol. The van der Waals surface area contributed by atoms with Gasteiger partial charge in [-0.25, -0.2) is 4.79 Å². The van der Waals surface area contributed by atoms with Gasteiger partial charge in [-0.1, -0.05) is 51.1 Å². The predicted molar refractivity (Wildman–Crippen MR) is 109 cm³/mol. The molecule has 0 spiro atoms. The summed E-state index contributed by atoms with van der Waals surface area (Å²) < 4.78 is 11.6. The van der Waals surface area contributed by atoms with Crippen LogP contribution in [0.3, 0.4) is 0 Å². The van der Waals surface area contributed by atoms with Crippen LogP contribution in [0.15, 0.2) is 51.7 Å². The lowest BCUT2D eigenvalue weighted by Gasteiger charge is -2.19. The predicted octanol–water partition coefficient (Wildman–Crippen LogP) is 4.92. The van der Waals surface area contributed by atoms with Gasteiger partial charge >= 0.3 is 5.97 Å². The van der Waals surface area contributed by atoms with Crippen molar-refractivity contribution in [3.05, 3.63) is 63.8 Å². The minimum Gasteiger partial charge on any atom is -0.479 e. The smallest absolute Gasteiger partial charge is 0.344 e. The number of hydrogen-bond donors (Lipinski definition) is 1. The zero-order valence-corrected chi connectivity index (χ0v) is 16.7. The second kappa shape index (κ2) is 7.15. The molecule has 0 radical (unpaired) electrons. The third-order valence-electron chi connectivity index (χ3n) is 4.66. The number of hydrogen-bond acceptors (Lipinski definition) is 4. The van der Waals surface area contributed by atoms with Crippen LogP contribution in [0.1, 0.15) is 38.8 Å². The van der Waals surface area contributed by atoms with Gasteiger partial charge in [0, 0.05) is 5.56 Å². The van der Waals surface area contributed by atoms with Crippen LogP contribution in [0.25, 0.3) is 22.3 Å². The second-order valence-corrected chi connectivity index (χ2v) is 8.01. The first kappa shape index (κ1) is 19.7. The molecule has 0 aliphatic heterocycles. The van der Waals surface area contributed by atoms with Crippen molar-refractivity contribution in [3.63, 3.8) is 0 Å². The summed E-state index contributed by atoms with van der Waals surface area (Å²) in [6.07, 6.45) is -1.18. The van der Waals surface area contributed by atoms with Gasteiger partial charge in [0.05, 0.1) is 5.39 Å². The van der Waals surface area contributed by atoms with Gasteiger partial charge < -0.3 is 14.3 Å². The molecule has 0 unspecified atom stereocenters. The fraction of sp³-hybridized carbons (Fsp3) is 0.304. The van der Waals surface area contributed by atoms with Gasteiger partial charge in [0.15, 0.2) is 11.9 Å². The average molecular weight is 380 g/mol. The van der Waals surface area contributed by atoms with Crippen molar-refractivity contribution in [1.29, 1.82) is 0 Å². The van der Waals surface area contributed by atoms with Gasteiger partial charge in [0.1, 0.15) is 5.58 Å². The topological polar surface area (TPSA) is 76.7 Å². The molecule has 0 aliphatic carbocycles. The molecule has 0 amide bonds. The maximum Gasteiger partial charge on any atom is 0.344 e. The lowest BCUT2D eigenvalue weighted by molar-refractivity contribution is -0.144. The molecule has 146 valence electrons. The summed E-state index contributed by atoms with van der Waals surface area (Å²) in [5.41, 5.74) is 2.78. The summed E-state index contributed by atoms with van der Waals surface area (Å²) in [5.74, 6) is -1.01. The molecule has 1 aromatic heterocycles. The molecule has 0 fully saturated rings. The normalized spacial score (nSPS) is 12.8. The van der Waals surface area contributed by atoms with Gasteiger partial charge in [0.25, 0.3) is 0 Å². The highest BCUT2D eigenvalue weighted by molar-refractivity contribution is 5.83. The molecule has 5 nitrogen and oxygen atoms in total. The Balaban J connectivity index is 2.23. The quantitative estimate of drug-likeness (QED) is 0.695. The summed E-state index contributed by atoms with van der Waals surface area (Å²) in [6.45, 7) is 9.64. The van der Waals surface area contributed by atoms with Crippen molar-refractivity contribution < 1.29 is 19.1 Å². The minimum absolute atomic E-state index is 0.0168. The summed E-state index contributed by atoms with van der Waals surface area (Å²) in [4.78, 5) is 24.3. The van der Waals surface area contributed by atoms with Crippen molar-refractivity contribution in [2.75, 3.05) is 0 Å². The molecule has 3 rings (SSSR count). The Labute approximate surface area is 163 Å². The van der Waals surface area contributed by atoms with E-state index in [9.17, 15) is 14.7 Å². The van der Waals surface area contributed by atoms with Crippen LogP contribution < -0.4 is 10.2 Å². The van der Waals surface area contributed by atoms with E-state index in [4.69, 9.17) is 9.15 Å². The van der Waals surface area contributed by atoms with Gasteiger partial charge in [0.2, 0.25) is 11.2 Å². The average Bonchev–Trinajstić information content (AvgIpc) is 2.62. The van der Waals surface area contributed by atoms with Crippen LogP contribution in [0.2, 0.25) is 0 Å². The molecule has 0 saturated heterocycles. The molecule has 2 aromatic carbocycles. The van der Waals surface area contributed by atoms with Gasteiger partial charge in [-0.15, -0.1) is 0 Å². The molecule has 1 N–H and O–H groups in total. The summed E-state index contributed by atoms with van der Waals surface area (Å²) in [6, 6.07) is 12.9. The van der Waals surface area contributed by atoms with E-state index in [-0.39, 0.29) is 22.4 Å². The number of rotatable bonds is 4. The largest absolute Gasteiger partial charge is 0.479 e. The van der Waals surface area contributed by atoms with Crippen molar-refractivity contribution in [3.8, 4) is 17.1 Å². The van der Waals surface area contributed by atoms with Crippen molar-refractivity contribution in [1.82, 2.24) is 0 Å². The first-order valence-corrected chi connectivity index (χ1v) is 9.16. The summed E-state index contributed by atoms with van der Waals surface area (Å²) >= 11 is 0. The number of carboxylic acids is 1. The zero-order valence-electron chi connectivity index (χ0n) is 16.7. The lowest BCUT2D eigenvalue weighted by Crippen LogP contribution is -2.26. The molecule has 0 bridgehead atoms. The third-order valence-corrected chi connectivity index (χ3v) is 4.66. The Kier molecular flexibility index (Phi) is 5.02. The molecule has 28 heavy (non-hydrogen) atoms. The van der Waals surface area contributed by atoms with Crippen molar-refractivity contribution >= 4 is 16.9 Å². The molecule has 0 saturated carbocycles. The SMILES string of the molecule is Cc1ccc2c(=O)c(O[C@H](C)C(=O)O)c(-c3ccc(C(C)(C)C)cc3)oc2c1. The second-order valence-electron chi connectivity index (χ2n) is 8.01. The van der Waals surface area contributed by atoms with E-state index in [0.717, 1.165) is 11.1 Å². The van der Waals surface area contributed by atoms with E-state index < -0.39 is 12.1 Å². The number of ether oxygens (including phenoxy) is 1. The Hall–Kier alpha value is -3.08. The van der Waals surface area contributed by atoms with Crippen LogP contribution in [0, 0.1) is 6.92 Å². The first-order chi connectivity index (χ1) is 13.1. The van der Waals surface area contributed by atoms with E-state index in [1.54, 1.807) is 12.1 Å². The van der Waals surface area contributed by atoms with Crippen LogP contribution in [-0.2, 0) is 10.2 Å². The number of carboxylic acid groups (broad SMARTS) is 1. The Morgan fingerprint density at radius 3 is 2.32 bits per heavy atom. The number of carbonyl (C=O) groups is 1. The van der Waals surface area contributed by atoms with Crippen LogP contribution >= 0.6 is 0 Å². The Bertz CT molecular complexity index is 1080. The number of benzene rings is 2. The lowest BCUT2D eigenvalue weighted by atomic mass is 9.86. The van der Waals surface area contributed by atoms with E-state index in [1.807, 2.05) is 37.3 Å². The molecule has 5 heteroatoms. The fourth-order valence-corrected chi connectivity index (χ4v) is 2.93. The Morgan fingerprint density at radius 1 is 1.11 bits per heavy atom. The van der Waals surface area contributed by atoms with Crippen LogP contribution in [0.4, 0.5) is 0 Å². The number of aliphatic carboxylic acids is 1. The molecule has 0 aliphatic rings. The van der Waals surface area contributed by atoms with Crippen LogP contribution in [-0.4, -0.2) is 17.2 Å². The number of aryl methyl sites for hydroxylation is 1. The highest BCUT2D eigenvalue weighted by Crippen LogP contribution is 2.33. The Morgan fingerprint density at radius 2 is 1.75 bits per heavy atom. The van der Waals surface area contributed by atoms with Gasteiger partial charge in [-0.3, -0.25) is 4.79 Å². The molecule has 1 atom stereocenters. The van der Waals surface area contributed by atoms with E-state index in [1.165, 1.54) is 6.92 Å². The van der Waals surface area contributed by atoms with Crippen molar-refractivity contribution in [2.24, 2.45) is 0 Å². The maximum absolute atomic E-state index is 13.0. The third kappa shape index (κ3) is 3.79. The van der Waals surface area contributed by atoms with E-state index in [0.29, 0.717) is 16.5 Å². The molecular weight excluding hydrogens is 356 g/mol. The maximum atomic E-state index is 13.0. The van der Waals surface area contributed by atoms with Gasteiger partial charge in [-0.2, -0.15) is 0 Å². The summed E-state index contributed by atoms with van der Waals surface area (Å²) in [7, 11) is 0. The standard InChI is InChI=1S/C23H24O5/c1-13-6-11-17-18(12-13)28-20(21(19(17)24)27-14(2)22(25)26)15-7-9-16(10-8-15)23(3,4)5/h6-12,14H,1-5H3,(H,25,26)/t14-/m1/s1. The highest BCUT2D eigenvalue weighted by atomic mass is 16.5. The van der Waals surface area contributed by atoms with Crippen LogP contribution in [0.5, 0.6) is 5.75 Å². The van der Waals surface area contributed by atoms with Crippen molar-refractivity contribution in [2.45, 2.75) is 46.1 Å². The molecular formula is C23H24O5.